The maximum Gasteiger partial charge on any atom is 0.417 e. The molecule has 0 unspecified atom stereocenters. The van der Waals surface area contributed by atoms with Gasteiger partial charge in [-0.2, -0.15) is 13.2 Å². The molecule has 0 saturated heterocycles. The van der Waals surface area contributed by atoms with E-state index in [9.17, 15) is 18.0 Å². The first-order valence-corrected chi connectivity index (χ1v) is 4.25. The number of rotatable bonds is 1. The van der Waals surface area contributed by atoms with Crippen LogP contribution >= 0.6 is 0 Å². The number of aldehydes is 1. The van der Waals surface area contributed by atoms with E-state index in [0.29, 0.717) is 6.29 Å². The largest absolute Gasteiger partial charge is 0.417 e. The molecule has 0 heterocycles. The van der Waals surface area contributed by atoms with E-state index in [1.54, 1.807) is 0 Å². The third-order valence-electron chi connectivity index (χ3n) is 1.79. The molecule has 0 bridgehead atoms. The molecule has 0 aromatic heterocycles. The maximum atomic E-state index is 12.5. The molecule has 2 nitrogen and oxygen atoms in total. The molecule has 1 N–H and O–H groups in total. The van der Waals surface area contributed by atoms with Gasteiger partial charge in [-0.15, -0.1) is 0 Å². The average Bonchev–Trinajstić information content (AvgIpc) is 2.25. The van der Waals surface area contributed by atoms with E-state index in [4.69, 9.17) is 5.11 Å². The second kappa shape index (κ2) is 4.81. The second-order valence-electron chi connectivity index (χ2n) is 2.88. The third-order valence-corrected chi connectivity index (χ3v) is 1.79. The number of aliphatic hydroxyl groups is 1. The smallest absolute Gasteiger partial charge is 0.384 e. The molecule has 0 amide bonds. The molecule has 16 heavy (non-hydrogen) atoms. The van der Waals surface area contributed by atoms with Crippen molar-refractivity contribution in [2.75, 3.05) is 6.61 Å². The summed E-state index contributed by atoms with van der Waals surface area (Å²) in [7, 11) is 0. The summed E-state index contributed by atoms with van der Waals surface area (Å²) < 4.78 is 37.6. The molecule has 1 aromatic carbocycles. The zero-order chi connectivity index (χ0) is 12.2. The first-order valence-electron chi connectivity index (χ1n) is 4.25. The van der Waals surface area contributed by atoms with Gasteiger partial charge in [0.1, 0.15) is 12.9 Å². The van der Waals surface area contributed by atoms with Gasteiger partial charge in [-0.05, 0) is 12.1 Å². The van der Waals surface area contributed by atoms with Crippen LogP contribution in [0.25, 0.3) is 0 Å². The summed E-state index contributed by atoms with van der Waals surface area (Å²) in [5, 5.41) is 8.41. The fourth-order valence-corrected chi connectivity index (χ4v) is 1.11. The zero-order valence-corrected chi connectivity index (χ0v) is 8.01. The van der Waals surface area contributed by atoms with Gasteiger partial charge in [-0.1, -0.05) is 17.9 Å². The van der Waals surface area contributed by atoms with Gasteiger partial charge in [0.15, 0.2) is 0 Å². The van der Waals surface area contributed by atoms with Crippen LogP contribution in [0.2, 0.25) is 0 Å². The third kappa shape index (κ3) is 2.84. The second-order valence-corrected chi connectivity index (χ2v) is 2.88. The summed E-state index contributed by atoms with van der Waals surface area (Å²) in [5.41, 5.74) is -1.30. The zero-order valence-electron chi connectivity index (χ0n) is 8.01. The minimum atomic E-state index is -4.57. The van der Waals surface area contributed by atoms with Gasteiger partial charge in [0, 0.05) is 11.1 Å². The Labute approximate surface area is 89.7 Å². The lowest BCUT2D eigenvalue weighted by molar-refractivity contribution is -0.137. The highest BCUT2D eigenvalue weighted by molar-refractivity contribution is 5.75. The van der Waals surface area contributed by atoms with Crippen LogP contribution in [0.4, 0.5) is 13.2 Å². The lowest BCUT2D eigenvalue weighted by Gasteiger charge is -2.09. The molecule has 0 atom stereocenters. The van der Waals surface area contributed by atoms with Crippen LogP contribution in [0, 0.1) is 11.8 Å². The van der Waals surface area contributed by atoms with Crippen LogP contribution in [0.1, 0.15) is 21.5 Å². The highest BCUT2D eigenvalue weighted by Gasteiger charge is 2.33. The lowest BCUT2D eigenvalue weighted by atomic mass is 10.0. The van der Waals surface area contributed by atoms with Crippen LogP contribution in [-0.2, 0) is 6.18 Å². The molecular weight excluding hydrogens is 221 g/mol. The van der Waals surface area contributed by atoms with E-state index in [0.717, 1.165) is 12.1 Å². The van der Waals surface area contributed by atoms with Crippen molar-refractivity contribution in [3.63, 3.8) is 0 Å². The molecule has 0 fully saturated rings. The van der Waals surface area contributed by atoms with Crippen molar-refractivity contribution < 1.29 is 23.1 Å². The summed E-state index contributed by atoms with van der Waals surface area (Å²) >= 11 is 0. The fraction of sp³-hybridized carbons (Fsp3) is 0.182. The number of alkyl halides is 3. The number of hydrogen-bond acceptors (Lipinski definition) is 2. The quantitative estimate of drug-likeness (QED) is 0.588. The van der Waals surface area contributed by atoms with Crippen molar-refractivity contribution in [3.8, 4) is 11.8 Å². The van der Waals surface area contributed by atoms with Crippen molar-refractivity contribution in [1.82, 2.24) is 0 Å². The van der Waals surface area contributed by atoms with Gasteiger partial charge in [-0.3, -0.25) is 4.79 Å². The molecule has 0 aliphatic rings. The fourth-order valence-electron chi connectivity index (χ4n) is 1.11. The number of carbonyl (C=O) groups is 1. The van der Waals surface area contributed by atoms with Crippen molar-refractivity contribution >= 4 is 6.29 Å². The molecule has 0 aliphatic heterocycles. The normalized spacial score (nSPS) is 10.5. The highest BCUT2D eigenvalue weighted by Crippen LogP contribution is 2.32. The Bertz CT molecular complexity index is 453. The van der Waals surface area contributed by atoms with E-state index in [-0.39, 0.29) is 11.1 Å². The van der Waals surface area contributed by atoms with Gasteiger partial charge in [0.25, 0.3) is 0 Å². The summed E-state index contributed by atoms with van der Waals surface area (Å²) in [5.74, 6) is 4.32. The van der Waals surface area contributed by atoms with Crippen LogP contribution in [-0.4, -0.2) is 18.0 Å². The van der Waals surface area contributed by atoms with E-state index < -0.39 is 18.3 Å². The minimum Gasteiger partial charge on any atom is -0.384 e. The number of carbonyl (C=O) groups excluding carboxylic acids is 1. The number of halogens is 3. The Hall–Kier alpha value is -1.80. The minimum absolute atomic E-state index is 0.0677. The Morgan fingerprint density at radius 3 is 2.56 bits per heavy atom. The van der Waals surface area contributed by atoms with Crippen LogP contribution in [0.3, 0.4) is 0 Å². The monoisotopic (exact) mass is 228 g/mol. The number of benzene rings is 1. The van der Waals surface area contributed by atoms with Gasteiger partial charge in [0.05, 0.1) is 5.56 Å². The van der Waals surface area contributed by atoms with Crippen LogP contribution in [0.15, 0.2) is 18.2 Å². The Morgan fingerprint density at radius 2 is 2.06 bits per heavy atom. The molecule has 0 radical (unpaired) electrons. The highest BCUT2D eigenvalue weighted by atomic mass is 19.4. The van der Waals surface area contributed by atoms with Crippen molar-refractivity contribution in [1.29, 1.82) is 0 Å². The average molecular weight is 228 g/mol. The topological polar surface area (TPSA) is 37.3 Å². The predicted molar refractivity (Wildman–Crippen MR) is 50.8 cm³/mol. The predicted octanol–water partition coefficient (Wildman–Crippen LogP) is 1.86. The van der Waals surface area contributed by atoms with Gasteiger partial charge in [-0.25, -0.2) is 0 Å². The van der Waals surface area contributed by atoms with Crippen LogP contribution in [0.5, 0.6) is 0 Å². The SMILES string of the molecule is O=Cc1ccc(C#CCO)c(C(F)(F)F)c1. The van der Waals surface area contributed by atoms with E-state index >= 15 is 0 Å². The molecule has 0 aliphatic carbocycles. The molecule has 1 aromatic rings. The van der Waals surface area contributed by atoms with Crippen LogP contribution < -0.4 is 0 Å². The molecule has 0 spiro atoms. The Kier molecular flexibility index (Phi) is 3.69. The Morgan fingerprint density at radius 1 is 1.38 bits per heavy atom. The molecule has 1 rings (SSSR count). The molecular formula is C11H7F3O2. The summed E-state index contributed by atoms with van der Waals surface area (Å²) in [4.78, 5) is 10.4. The van der Waals surface area contributed by atoms with Crippen molar-refractivity contribution in [2.24, 2.45) is 0 Å². The maximum absolute atomic E-state index is 12.5. The molecule has 5 heteroatoms. The van der Waals surface area contributed by atoms with Crippen molar-refractivity contribution in [3.05, 3.63) is 34.9 Å². The van der Waals surface area contributed by atoms with E-state index in [1.165, 1.54) is 6.07 Å². The number of hydrogen-bond donors (Lipinski definition) is 1. The summed E-state index contributed by atoms with van der Waals surface area (Å²) in [6.45, 7) is -0.521. The first-order chi connectivity index (χ1) is 7.49. The number of aliphatic hydroxyl groups excluding tert-OH is 1. The van der Waals surface area contributed by atoms with Gasteiger partial charge < -0.3 is 5.11 Å². The Balaban J connectivity index is 3.33. The molecule has 84 valence electrons. The van der Waals surface area contributed by atoms with E-state index in [2.05, 4.69) is 11.8 Å². The van der Waals surface area contributed by atoms with Gasteiger partial charge >= 0.3 is 6.18 Å². The standard InChI is InChI=1S/C11H7F3O2/c12-11(13,14)10-6-8(7-16)3-4-9(10)2-1-5-15/h3-4,6-7,15H,5H2. The lowest BCUT2D eigenvalue weighted by Crippen LogP contribution is -2.08. The summed E-state index contributed by atoms with van der Waals surface area (Å²) in [6, 6.07) is 3.08. The molecule has 0 saturated carbocycles. The summed E-state index contributed by atoms with van der Waals surface area (Å²) in [6.07, 6.45) is -4.24. The first kappa shape index (κ1) is 12.3. The van der Waals surface area contributed by atoms with Crippen molar-refractivity contribution in [2.45, 2.75) is 6.18 Å². The van der Waals surface area contributed by atoms with Gasteiger partial charge in [0.2, 0.25) is 0 Å². The van der Waals surface area contributed by atoms with E-state index in [1.807, 2.05) is 0 Å².